The number of carbonyl (C=O) groups is 3. The van der Waals surface area contributed by atoms with E-state index in [4.69, 9.17) is 5.11 Å². The second-order valence-corrected chi connectivity index (χ2v) is 9.32. The summed E-state index contributed by atoms with van der Waals surface area (Å²) in [6, 6.07) is 16.1. The van der Waals surface area contributed by atoms with E-state index in [1.807, 2.05) is 30.3 Å². The fraction of sp³-hybridized carbons (Fsp3) is 0.0476. The van der Waals surface area contributed by atoms with Gasteiger partial charge in [-0.2, -0.15) is 0 Å². The largest absolute Gasteiger partial charge is 0.474 e. The van der Waals surface area contributed by atoms with Crippen molar-refractivity contribution in [3.63, 3.8) is 0 Å². The number of carbonyl (C=O) groups excluding carboxylic acids is 2. The Hall–Kier alpha value is -3.02. The molecule has 2 amide bonds. The Bertz CT molecular complexity index is 1320. The number of nitrogens with zero attached hydrogens (tertiary/aromatic N) is 2. The Morgan fingerprint density at radius 1 is 1.09 bits per heavy atom. The first-order chi connectivity index (χ1) is 15.3. The standard InChI is InChI=1S/C21H14Br2N4O4S/c22-13-9-15(25-17(13)23)19(29)27(10-11-4-2-1-3-5-11)21-26-14-7-6-12(8-16(14)32-21)24-18(28)20(30)31/h1-9,25H,10H2,(H,24,28)(H,30,31). The van der Waals surface area contributed by atoms with Crippen molar-refractivity contribution >= 4 is 82.0 Å². The van der Waals surface area contributed by atoms with Gasteiger partial charge in [0.05, 0.1) is 25.8 Å². The van der Waals surface area contributed by atoms with E-state index in [0.29, 0.717) is 37.9 Å². The summed E-state index contributed by atoms with van der Waals surface area (Å²) < 4.78 is 2.08. The van der Waals surface area contributed by atoms with Crippen LogP contribution in [0.4, 0.5) is 10.8 Å². The summed E-state index contributed by atoms with van der Waals surface area (Å²) in [4.78, 5) is 44.8. The number of thiazole rings is 1. The van der Waals surface area contributed by atoms with Crippen LogP contribution in [0.1, 0.15) is 16.1 Å². The predicted molar refractivity (Wildman–Crippen MR) is 129 cm³/mol. The lowest BCUT2D eigenvalue weighted by Crippen LogP contribution is -2.30. The zero-order chi connectivity index (χ0) is 22.8. The average Bonchev–Trinajstić information content (AvgIpc) is 3.34. The molecule has 2 heterocycles. The maximum Gasteiger partial charge on any atom is 0.394 e. The lowest BCUT2D eigenvalue weighted by atomic mass is 10.2. The SMILES string of the molecule is O=C(O)C(=O)Nc1ccc2nc(N(Cc3ccccc3)C(=O)c3cc(Br)c(Br)[nH]3)sc2c1. The lowest BCUT2D eigenvalue weighted by molar-refractivity contribution is -0.147. The Morgan fingerprint density at radius 3 is 2.50 bits per heavy atom. The van der Waals surface area contributed by atoms with Gasteiger partial charge in [0.2, 0.25) is 0 Å². The van der Waals surface area contributed by atoms with Crippen molar-refractivity contribution in [1.29, 1.82) is 0 Å². The molecular formula is C21H14Br2N4O4S. The average molecular weight is 578 g/mol. The second kappa shape index (κ2) is 9.23. The third kappa shape index (κ3) is 4.74. The molecule has 0 unspecified atom stereocenters. The first-order valence-corrected chi connectivity index (χ1v) is 11.6. The van der Waals surface area contributed by atoms with Crippen molar-refractivity contribution in [3.8, 4) is 0 Å². The molecule has 162 valence electrons. The first-order valence-electron chi connectivity index (χ1n) is 9.16. The minimum atomic E-state index is -1.57. The van der Waals surface area contributed by atoms with Crippen molar-refractivity contribution in [2.45, 2.75) is 6.54 Å². The maximum atomic E-state index is 13.4. The molecule has 0 aliphatic carbocycles. The molecule has 0 atom stereocenters. The van der Waals surface area contributed by atoms with E-state index in [-0.39, 0.29) is 5.91 Å². The molecule has 0 fully saturated rings. The van der Waals surface area contributed by atoms with Gasteiger partial charge in [0, 0.05) is 5.69 Å². The number of hydrogen-bond donors (Lipinski definition) is 3. The van der Waals surface area contributed by atoms with Crippen LogP contribution in [0.15, 0.2) is 63.7 Å². The quantitative estimate of drug-likeness (QED) is 0.288. The first kappa shape index (κ1) is 22.2. The van der Waals surface area contributed by atoms with Crippen LogP contribution in [0, 0.1) is 0 Å². The van der Waals surface area contributed by atoms with Gasteiger partial charge in [0.1, 0.15) is 5.69 Å². The maximum absolute atomic E-state index is 13.4. The number of carboxylic acids is 1. The number of hydrogen-bond acceptors (Lipinski definition) is 5. The minimum absolute atomic E-state index is 0.265. The van der Waals surface area contributed by atoms with Crippen molar-refractivity contribution in [2.24, 2.45) is 0 Å². The molecule has 11 heteroatoms. The highest BCUT2D eigenvalue weighted by Gasteiger charge is 2.24. The molecule has 4 aromatic rings. The summed E-state index contributed by atoms with van der Waals surface area (Å²) in [5.41, 5.74) is 2.27. The van der Waals surface area contributed by atoms with Gasteiger partial charge in [-0.05, 0) is 61.7 Å². The van der Waals surface area contributed by atoms with E-state index in [2.05, 4.69) is 47.1 Å². The smallest absolute Gasteiger partial charge is 0.394 e. The summed E-state index contributed by atoms with van der Waals surface area (Å²) in [6.45, 7) is 0.302. The summed E-state index contributed by atoms with van der Waals surface area (Å²) >= 11 is 8.01. The van der Waals surface area contributed by atoms with Gasteiger partial charge in [0.25, 0.3) is 5.91 Å². The van der Waals surface area contributed by atoms with E-state index >= 15 is 0 Å². The minimum Gasteiger partial charge on any atom is -0.474 e. The molecule has 0 radical (unpaired) electrons. The van der Waals surface area contributed by atoms with Crippen molar-refractivity contribution in [2.75, 3.05) is 10.2 Å². The fourth-order valence-corrected chi connectivity index (χ4v) is 4.61. The van der Waals surface area contributed by atoms with Gasteiger partial charge >= 0.3 is 11.9 Å². The summed E-state index contributed by atoms with van der Waals surface area (Å²) in [7, 11) is 0. The monoisotopic (exact) mass is 576 g/mol. The molecule has 0 spiro atoms. The van der Waals surface area contributed by atoms with E-state index in [0.717, 1.165) is 10.0 Å². The number of carboxylic acid groups (broad SMARTS) is 1. The zero-order valence-electron chi connectivity index (χ0n) is 16.1. The molecule has 0 saturated carbocycles. The Balaban J connectivity index is 1.71. The zero-order valence-corrected chi connectivity index (χ0v) is 20.1. The predicted octanol–water partition coefficient (Wildman–Crippen LogP) is 5.02. The Kier molecular flexibility index (Phi) is 6.40. The van der Waals surface area contributed by atoms with Gasteiger partial charge in [-0.25, -0.2) is 9.78 Å². The fourth-order valence-electron chi connectivity index (χ4n) is 2.95. The molecule has 3 N–H and O–H groups in total. The highest BCUT2D eigenvalue weighted by Crippen LogP contribution is 2.33. The van der Waals surface area contributed by atoms with Gasteiger partial charge in [-0.15, -0.1) is 0 Å². The number of H-pyrrole nitrogens is 1. The van der Waals surface area contributed by atoms with E-state index in [9.17, 15) is 14.4 Å². The van der Waals surface area contributed by atoms with Crippen LogP contribution < -0.4 is 10.2 Å². The van der Waals surface area contributed by atoms with Gasteiger partial charge in [-0.3, -0.25) is 14.5 Å². The lowest BCUT2D eigenvalue weighted by Gasteiger charge is -2.19. The van der Waals surface area contributed by atoms with Crippen LogP contribution in [0.5, 0.6) is 0 Å². The molecule has 8 nitrogen and oxygen atoms in total. The molecule has 0 aliphatic heterocycles. The number of halogens is 2. The van der Waals surface area contributed by atoms with Gasteiger partial charge < -0.3 is 15.4 Å². The summed E-state index contributed by atoms with van der Waals surface area (Å²) in [5.74, 6) is -2.96. The van der Waals surface area contributed by atoms with E-state index in [1.54, 1.807) is 29.2 Å². The van der Waals surface area contributed by atoms with Gasteiger partial charge in [-0.1, -0.05) is 41.7 Å². The number of aromatic nitrogens is 2. The van der Waals surface area contributed by atoms with E-state index < -0.39 is 11.9 Å². The van der Waals surface area contributed by atoms with E-state index in [1.165, 1.54) is 11.3 Å². The Morgan fingerprint density at radius 2 is 1.84 bits per heavy atom. The van der Waals surface area contributed by atoms with Crippen LogP contribution in [-0.4, -0.2) is 32.9 Å². The van der Waals surface area contributed by atoms with Crippen molar-refractivity contribution in [3.05, 3.63) is 74.9 Å². The molecule has 0 bridgehead atoms. The summed E-state index contributed by atoms with van der Waals surface area (Å²) in [5, 5.41) is 11.6. The molecule has 0 saturated heterocycles. The number of fused-ring (bicyclic) bond motifs is 1. The van der Waals surface area contributed by atoms with Crippen molar-refractivity contribution < 1.29 is 19.5 Å². The molecule has 2 aromatic carbocycles. The molecule has 32 heavy (non-hydrogen) atoms. The number of benzene rings is 2. The number of rotatable bonds is 5. The number of aromatic amines is 1. The van der Waals surface area contributed by atoms with Crippen LogP contribution in [0.25, 0.3) is 10.2 Å². The molecule has 0 aliphatic rings. The van der Waals surface area contributed by atoms with Crippen LogP contribution in [0.2, 0.25) is 0 Å². The van der Waals surface area contributed by atoms with Crippen LogP contribution >= 0.6 is 43.2 Å². The van der Waals surface area contributed by atoms with Gasteiger partial charge in [0.15, 0.2) is 5.13 Å². The molecule has 2 aromatic heterocycles. The number of aliphatic carboxylic acids is 1. The number of anilines is 2. The normalized spacial score (nSPS) is 10.8. The number of amides is 2. The van der Waals surface area contributed by atoms with Crippen LogP contribution in [0.3, 0.4) is 0 Å². The third-order valence-corrected chi connectivity index (χ3v) is 7.27. The van der Waals surface area contributed by atoms with Crippen LogP contribution in [-0.2, 0) is 16.1 Å². The third-order valence-electron chi connectivity index (χ3n) is 4.44. The highest BCUT2D eigenvalue weighted by molar-refractivity contribution is 9.13. The highest BCUT2D eigenvalue weighted by atomic mass is 79.9. The molecule has 4 rings (SSSR count). The number of nitrogens with one attached hydrogen (secondary N) is 2. The second-order valence-electron chi connectivity index (χ2n) is 6.66. The topological polar surface area (TPSA) is 115 Å². The molecular weight excluding hydrogens is 564 g/mol. The Labute approximate surface area is 202 Å². The van der Waals surface area contributed by atoms with Crippen molar-refractivity contribution in [1.82, 2.24) is 9.97 Å². The summed E-state index contributed by atoms with van der Waals surface area (Å²) in [6.07, 6.45) is 0.